The number of rotatable bonds is 4. The minimum atomic E-state index is -5.02. The Bertz CT molecular complexity index is 1400. The van der Waals surface area contributed by atoms with E-state index in [0.717, 1.165) is 6.07 Å². The molecule has 3 N–H and O–H groups in total. The van der Waals surface area contributed by atoms with Crippen molar-refractivity contribution < 1.29 is 27.1 Å². The van der Waals surface area contributed by atoms with Gasteiger partial charge in [0.25, 0.3) is 5.91 Å². The molecular formula is C20H11ClF4N4O3. The highest BCUT2D eigenvalue weighted by Gasteiger charge is 2.36. The lowest BCUT2D eigenvalue weighted by Crippen LogP contribution is -2.17. The lowest BCUT2D eigenvalue weighted by Gasteiger charge is -2.13. The number of aromatic nitrogens is 3. The summed E-state index contributed by atoms with van der Waals surface area (Å²) in [6.45, 7) is 0. The van der Waals surface area contributed by atoms with Crippen molar-refractivity contribution in [2.45, 2.75) is 6.18 Å². The van der Waals surface area contributed by atoms with E-state index in [0.29, 0.717) is 11.6 Å². The lowest BCUT2D eigenvalue weighted by atomic mass is 10.1. The zero-order chi connectivity index (χ0) is 23.0. The molecule has 7 nitrogen and oxygen atoms in total. The Morgan fingerprint density at radius 3 is 2.66 bits per heavy atom. The number of amides is 1. The SMILES string of the molecule is O=C(Nc1cccc(Oc2ccnc3[nH]c(=O)[nH]c23)c1)c1cc(Cl)cc(C(F)(F)F)c1F. The van der Waals surface area contributed by atoms with Gasteiger partial charge in [-0.05, 0) is 24.3 Å². The fourth-order valence-electron chi connectivity index (χ4n) is 2.92. The van der Waals surface area contributed by atoms with E-state index in [2.05, 4.69) is 20.3 Å². The standard InChI is InChI=1S/C20H11ClF4N4O3/c21-9-6-12(15(22)13(7-9)20(23,24)25)18(30)27-10-2-1-3-11(8-10)32-14-4-5-26-17-16(14)28-19(31)29-17/h1-8H,(H,27,30)(H2,26,28,29,31). The second-order valence-corrected chi connectivity index (χ2v) is 6.94. The summed E-state index contributed by atoms with van der Waals surface area (Å²) >= 11 is 5.64. The Morgan fingerprint density at radius 2 is 1.91 bits per heavy atom. The molecule has 0 fully saturated rings. The molecule has 0 spiro atoms. The average Bonchev–Trinajstić information content (AvgIpc) is 3.10. The molecule has 0 aliphatic rings. The molecule has 0 atom stereocenters. The number of ether oxygens (including phenoxy) is 1. The predicted molar refractivity (Wildman–Crippen MR) is 108 cm³/mol. The van der Waals surface area contributed by atoms with Crippen molar-refractivity contribution in [2.75, 3.05) is 5.32 Å². The average molecular weight is 467 g/mol. The van der Waals surface area contributed by atoms with Crippen LogP contribution in [-0.4, -0.2) is 20.9 Å². The van der Waals surface area contributed by atoms with Gasteiger partial charge in [-0.15, -0.1) is 0 Å². The Labute approximate surface area is 181 Å². The van der Waals surface area contributed by atoms with Crippen LogP contribution in [0.2, 0.25) is 5.02 Å². The maximum atomic E-state index is 14.3. The highest BCUT2D eigenvalue weighted by atomic mass is 35.5. The van der Waals surface area contributed by atoms with Crippen molar-refractivity contribution in [3.63, 3.8) is 0 Å². The van der Waals surface area contributed by atoms with Crippen molar-refractivity contribution in [1.82, 2.24) is 15.0 Å². The zero-order valence-electron chi connectivity index (χ0n) is 15.7. The highest BCUT2D eigenvalue weighted by molar-refractivity contribution is 6.31. The Balaban J connectivity index is 1.60. The van der Waals surface area contributed by atoms with Gasteiger partial charge >= 0.3 is 11.9 Å². The Kier molecular flexibility index (Phi) is 5.35. The van der Waals surface area contributed by atoms with Gasteiger partial charge in [-0.25, -0.2) is 14.2 Å². The fourth-order valence-corrected chi connectivity index (χ4v) is 3.14. The van der Waals surface area contributed by atoms with Gasteiger partial charge in [0.05, 0.1) is 11.1 Å². The molecule has 0 saturated heterocycles. The number of carbonyl (C=O) groups is 1. The molecule has 4 aromatic rings. The molecule has 2 aromatic carbocycles. The van der Waals surface area contributed by atoms with Crippen LogP contribution in [0.25, 0.3) is 11.2 Å². The van der Waals surface area contributed by atoms with Gasteiger partial charge in [0.2, 0.25) is 0 Å². The van der Waals surface area contributed by atoms with E-state index in [1.807, 2.05) is 0 Å². The van der Waals surface area contributed by atoms with E-state index in [4.69, 9.17) is 16.3 Å². The number of carbonyl (C=O) groups excluding carboxylic acids is 1. The van der Waals surface area contributed by atoms with Crippen LogP contribution in [0.3, 0.4) is 0 Å². The van der Waals surface area contributed by atoms with Crippen molar-refractivity contribution in [2.24, 2.45) is 0 Å². The number of hydrogen-bond acceptors (Lipinski definition) is 4. The van der Waals surface area contributed by atoms with Gasteiger partial charge in [0.15, 0.2) is 11.4 Å². The number of fused-ring (bicyclic) bond motifs is 1. The van der Waals surface area contributed by atoms with Crippen molar-refractivity contribution >= 4 is 34.4 Å². The molecule has 0 bridgehead atoms. The molecule has 0 aliphatic heterocycles. The monoisotopic (exact) mass is 466 g/mol. The zero-order valence-corrected chi connectivity index (χ0v) is 16.4. The van der Waals surface area contributed by atoms with E-state index in [1.54, 1.807) is 0 Å². The summed E-state index contributed by atoms with van der Waals surface area (Å²) in [6.07, 6.45) is -3.61. The highest BCUT2D eigenvalue weighted by Crippen LogP contribution is 2.35. The Morgan fingerprint density at radius 1 is 1.12 bits per heavy atom. The summed E-state index contributed by atoms with van der Waals surface area (Å²) in [7, 11) is 0. The molecule has 0 unspecified atom stereocenters. The second kappa shape index (κ2) is 8.00. The van der Waals surface area contributed by atoms with Crippen molar-refractivity contribution in [3.8, 4) is 11.5 Å². The summed E-state index contributed by atoms with van der Waals surface area (Å²) in [6, 6.07) is 8.53. The van der Waals surface area contributed by atoms with Gasteiger partial charge in [-0.2, -0.15) is 13.2 Å². The minimum Gasteiger partial charge on any atom is -0.455 e. The fraction of sp³-hybridized carbons (Fsp3) is 0.0500. The van der Waals surface area contributed by atoms with Crippen LogP contribution in [0, 0.1) is 5.82 Å². The van der Waals surface area contributed by atoms with E-state index in [1.165, 1.54) is 36.5 Å². The quantitative estimate of drug-likeness (QED) is 0.364. The summed E-state index contributed by atoms with van der Waals surface area (Å²) in [4.78, 5) is 32.9. The maximum absolute atomic E-state index is 14.3. The number of hydrogen-bond donors (Lipinski definition) is 3. The first-order valence-electron chi connectivity index (χ1n) is 8.84. The first-order valence-corrected chi connectivity index (χ1v) is 9.22. The number of anilines is 1. The Hall–Kier alpha value is -3.86. The first kappa shape index (κ1) is 21.4. The summed E-state index contributed by atoms with van der Waals surface area (Å²) in [5.41, 5.74) is -2.28. The number of imidazole rings is 1. The van der Waals surface area contributed by atoms with Crippen LogP contribution in [-0.2, 0) is 6.18 Å². The van der Waals surface area contributed by atoms with Crippen molar-refractivity contribution in [3.05, 3.63) is 81.1 Å². The van der Waals surface area contributed by atoms with Gasteiger partial charge < -0.3 is 15.0 Å². The number of nitrogens with one attached hydrogen (secondary N) is 3. The lowest BCUT2D eigenvalue weighted by molar-refractivity contribution is -0.140. The molecule has 164 valence electrons. The number of aromatic amines is 2. The van der Waals surface area contributed by atoms with E-state index in [9.17, 15) is 27.2 Å². The molecule has 12 heteroatoms. The van der Waals surface area contributed by atoms with Gasteiger partial charge in [-0.1, -0.05) is 17.7 Å². The number of benzene rings is 2. The third kappa shape index (κ3) is 4.28. The molecule has 0 radical (unpaired) electrons. The molecule has 2 aromatic heterocycles. The molecule has 0 saturated carbocycles. The summed E-state index contributed by atoms with van der Waals surface area (Å²) in [5.74, 6) is -2.39. The topological polar surface area (TPSA) is 99.9 Å². The summed E-state index contributed by atoms with van der Waals surface area (Å²) in [5, 5.41) is 1.87. The third-order valence-electron chi connectivity index (χ3n) is 4.29. The van der Waals surface area contributed by atoms with Gasteiger partial charge in [0.1, 0.15) is 17.1 Å². The number of halogens is 5. The summed E-state index contributed by atoms with van der Waals surface area (Å²) < 4.78 is 59.0. The number of H-pyrrole nitrogens is 2. The van der Waals surface area contributed by atoms with Crippen LogP contribution in [0.15, 0.2) is 53.5 Å². The minimum absolute atomic E-state index is 0.119. The largest absolute Gasteiger partial charge is 0.455 e. The van der Waals surface area contributed by atoms with Crippen LogP contribution in [0.1, 0.15) is 15.9 Å². The first-order chi connectivity index (χ1) is 15.1. The number of alkyl halides is 3. The predicted octanol–water partition coefficient (Wildman–Crippen LogP) is 5.11. The van der Waals surface area contributed by atoms with Crippen LogP contribution < -0.4 is 15.7 Å². The third-order valence-corrected chi connectivity index (χ3v) is 4.51. The molecule has 0 aliphatic carbocycles. The van der Waals surface area contributed by atoms with Crippen LogP contribution in [0.5, 0.6) is 11.5 Å². The molecule has 2 heterocycles. The second-order valence-electron chi connectivity index (χ2n) is 6.51. The molecule has 32 heavy (non-hydrogen) atoms. The van der Waals surface area contributed by atoms with Gasteiger partial charge in [0, 0.05) is 29.0 Å². The van der Waals surface area contributed by atoms with Crippen molar-refractivity contribution in [1.29, 1.82) is 0 Å². The van der Waals surface area contributed by atoms with E-state index < -0.39 is 39.7 Å². The van der Waals surface area contributed by atoms with E-state index >= 15 is 0 Å². The van der Waals surface area contributed by atoms with Crippen LogP contribution in [0.4, 0.5) is 23.2 Å². The van der Waals surface area contributed by atoms with Gasteiger partial charge in [-0.3, -0.25) is 9.78 Å². The van der Waals surface area contributed by atoms with E-state index in [-0.39, 0.29) is 22.8 Å². The number of pyridine rings is 1. The van der Waals surface area contributed by atoms with Crippen LogP contribution >= 0.6 is 11.6 Å². The molecule has 4 rings (SSSR count). The maximum Gasteiger partial charge on any atom is 0.419 e. The smallest absolute Gasteiger partial charge is 0.419 e. The molecular weight excluding hydrogens is 456 g/mol. The normalized spacial score (nSPS) is 11.5. The molecule has 1 amide bonds. The number of nitrogens with zero attached hydrogens (tertiary/aromatic N) is 1.